The average Bonchev–Trinajstić information content (AvgIpc) is 2.81. The van der Waals surface area contributed by atoms with Gasteiger partial charge in [0.25, 0.3) is 0 Å². The second kappa shape index (κ2) is 11.5. The molecule has 35 heavy (non-hydrogen) atoms. The van der Waals surface area contributed by atoms with Gasteiger partial charge in [-0.25, -0.2) is 18.1 Å². The van der Waals surface area contributed by atoms with E-state index in [1.165, 1.54) is 0 Å². The highest BCUT2D eigenvalue weighted by Gasteiger charge is 2.26. The third kappa shape index (κ3) is 8.15. The summed E-state index contributed by atoms with van der Waals surface area (Å²) >= 11 is 0. The Hall–Kier alpha value is -3.84. The number of sulfonamides is 1. The van der Waals surface area contributed by atoms with Gasteiger partial charge in [0.2, 0.25) is 15.9 Å². The van der Waals surface area contributed by atoms with Gasteiger partial charge in [-0.05, 0) is 29.7 Å². The minimum absolute atomic E-state index is 0.0930. The molecule has 0 saturated heterocycles. The first-order valence-corrected chi connectivity index (χ1v) is 12.3. The number of nitrogens with two attached hydrogens (primary N) is 2. The van der Waals surface area contributed by atoms with Crippen molar-refractivity contribution in [2.45, 2.75) is 24.3 Å². The van der Waals surface area contributed by atoms with Gasteiger partial charge in [0, 0.05) is 0 Å². The van der Waals surface area contributed by atoms with E-state index in [0.717, 1.165) is 0 Å². The molecule has 0 spiro atoms. The summed E-state index contributed by atoms with van der Waals surface area (Å²) in [5.41, 5.74) is 11.5. The molecule has 0 bridgehead atoms. The van der Waals surface area contributed by atoms with Crippen molar-refractivity contribution in [3.05, 3.63) is 59.7 Å². The first-order valence-electron chi connectivity index (χ1n) is 10.6. The first kappa shape index (κ1) is 25.8. The molecule has 1 amide bonds. The molecular weight excluding hydrogens is 478 g/mol. The zero-order chi connectivity index (χ0) is 25.4. The molecule has 2 aromatic carbocycles. The Morgan fingerprint density at radius 1 is 1.11 bits per heavy atom. The van der Waals surface area contributed by atoms with Gasteiger partial charge in [0.1, 0.15) is 25.3 Å². The van der Waals surface area contributed by atoms with Gasteiger partial charge < -0.3 is 31.4 Å². The summed E-state index contributed by atoms with van der Waals surface area (Å²) in [4.78, 5) is 27.1. The molecule has 2 aromatic rings. The van der Waals surface area contributed by atoms with E-state index in [4.69, 9.17) is 20.9 Å². The number of carbonyl (C=O) groups excluding carboxylic acids is 1. The maximum absolute atomic E-state index is 12.5. The van der Waals surface area contributed by atoms with Gasteiger partial charge >= 0.3 is 5.97 Å². The van der Waals surface area contributed by atoms with E-state index < -0.39 is 28.1 Å². The standard InChI is InChI=1S/C22H27N5O7S/c23-22(24)26-11-20(28)25-10-16-12-33-19-9-15(6-7-18(19)34-16)8-17(21(29)30)27-35(31,32)13-14-4-2-1-3-5-14/h1-7,9,16-17,27H,8,10-13H2,(H,25,28)(H,29,30)(H4,23,24,26)/t16?,17-/m0/s1. The Morgan fingerprint density at radius 2 is 1.86 bits per heavy atom. The van der Waals surface area contributed by atoms with Crippen molar-refractivity contribution in [2.75, 3.05) is 19.7 Å². The Labute approximate surface area is 202 Å². The van der Waals surface area contributed by atoms with Crippen LogP contribution in [0, 0.1) is 0 Å². The maximum atomic E-state index is 12.5. The van der Waals surface area contributed by atoms with Crippen LogP contribution in [0.25, 0.3) is 0 Å². The Balaban J connectivity index is 1.58. The SMILES string of the molecule is NC(N)=NCC(=O)NCC1COc2cc(C[C@H](NS(=O)(=O)Cc3ccccc3)C(=O)O)ccc2O1. The van der Waals surface area contributed by atoms with Crippen LogP contribution in [0.3, 0.4) is 0 Å². The van der Waals surface area contributed by atoms with Gasteiger partial charge in [0.15, 0.2) is 17.5 Å². The zero-order valence-electron chi connectivity index (χ0n) is 18.7. The minimum atomic E-state index is -3.89. The number of aliphatic imine (C=N–C) groups is 1. The summed E-state index contributed by atoms with van der Waals surface area (Å²) in [5.74, 6) is -1.38. The van der Waals surface area contributed by atoms with E-state index in [2.05, 4.69) is 15.0 Å². The number of nitrogens with one attached hydrogen (secondary N) is 2. The summed E-state index contributed by atoms with van der Waals surface area (Å²) in [6.45, 7) is 0.116. The molecule has 7 N–H and O–H groups in total. The Morgan fingerprint density at radius 3 is 2.54 bits per heavy atom. The molecule has 3 rings (SSSR count). The number of carbonyl (C=O) groups is 2. The highest BCUT2D eigenvalue weighted by atomic mass is 32.2. The van der Waals surface area contributed by atoms with E-state index in [0.29, 0.717) is 22.6 Å². The molecule has 0 aliphatic carbocycles. The predicted octanol–water partition coefficient (Wildman–Crippen LogP) is -0.669. The second-order valence-electron chi connectivity index (χ2n) is 7.83. The van der Waals surface area contributed by atoms with Crippen LogP contribution in [0.15, 0.2) is 53.5 Å². The monoisotopic (exact) mass is 505 g/mol. The van der Waals surface area contributed by atoms with Crippen LogP contribution in [-0.4, -0.2) is 63.2 Å². The fourth-order valence-electron chi connectivity index (χ4n) is 3.30. The van der Waals surface area contributed by atoms with E-state index in [-0.39, 0.29) is 43.7 Å². The van der Waals surface area contributed by atoms with Crippen LogP contribution in [0.4, 0.5) is 0 Å². The molecular formula is C22H27N5O7S. The summed E-state index contributed by atoms with van der Waals surface area (Å²) in [7, 11) is -3.89. The fourth-order valence-corrected chi connectivity index (χ4v) is 4.63. The fraction of sp³-hybridized carbons (Fsp3) is 0.318. The van der Waals surface area contributed by atoms with Crippen molar-refractivity contribution in [2.24, 2.45) is 16.5 Å². The molecule has 1 unspecified atom stereocenters. The van der Waals surface area contributed by atoms with Gasteiger partial charge in [-0.1, -0.05) is 36.4 Å². The molecule has 12 nitrogen and oxygen atoms in total. The summed E-state index contributed by atoms with van der Waals surface area (Å²) in [6.07, 6.45) is -0.544. The van der Waals surface area contributed by atoms with Gasteiger partial charge in [-0.2, -0.15) is 0 Å². The number of fused-ring (bicyclic) bond motifs is 1. The van der Waals surface area contributed by atoms with Gasteiger partial charge in [-0.15, -0.1) is 0 Å². The number of rotatable bonds is 11. The van der Waals surface area contributed by atoms with Crippen molar-refractivity contribution < 1.29 is 32.6 Å². The Kier molecular flexibility index (Phi) is 8.49. The van der Waals surface area contributed by atoms with Gasteiger partial charge in [0.05, 0.1) is 12.3 Å². The maximum Gasteiger partial charge on any atom is 0.322 e. The van der Waals surface area contributed by atoms with Crippen molar-refractivity contribution in [1.29, 1.82) is 0 Å². The molecule has 0 radical (unpaired) electrons. The number of guanidine groups is 1. The quantitative estimate of drug-likeness (QED) is 0.194. The number of aliphatic carboxylic acids is 1. The lowest BCUT2D eigenvalue weighted by atomic mass is 10.1. The molecule has 13 heteroatoms. The number of benzene rings is 2. The number of nitrogens with zero attached hydrogens (tertiary/aromatic N) is 1. The van der Waals surface area contributed by atoms with Crippen LogP contribution >= 0.6 is 0 Å². The number of hydrogen-bond acceptors (Lipinski definition) is 7. The van der Waals surface area contributed by atoms with E-state index in [1.54, 1.807) is 48.5 Å². The molecule has 0 fully saturated rings. The van der Waals surface area contributed by atoms with Crippen LogP contribution < -0.4 is 31.0 Å². The van der Waals surface area contributed by atoms with E-state index in [9.17, 15) is 23.1 Å². The van der Waals surface area contributed by atoms with Crippen molar-refractivity contribution >= 4 is 27.9 Å². The van der Waals surface area contributed by atoms with Gasteiger partial charge in [-0.3, -0.25) is 9.59 Å². The lowest BCUT2D eigenvalue weighted by Crippen LogP contribution is -2.43. The lowest BCUT2D eigenvalue weighted by molar-refractivity contribution is -0.139. The minimum Gasteiger partial charge on any atom is -0.486 e. The topological polar surface area (TPSA) is 195 Å². The Bertz CT molecular complexity index is 1180. The molecule has 2 atom stereocenters. The normalized spacial score (nSPS) is 15.6. The van der Waals surface area contributed by atoms with Crippen molar-refractivity contribution in [3.63, 3.8) is 0 Å². The number of carboxylic acid groups (broad SMARTS) is 1. The molecule has 1 aliphatic rings. The van der Waals surface area contributed by atoms with Crippen molar-refractivity contribution in [1.82, 2.24) is 10.0 Å². The van der Waals surface area contributed by atoms with E-state index >= 15 is 0 Å². The first-order chi connectivity index (χ1) is 16.6. The highest BCUT2D eigenvalue weighted by Crippen LogP contribution is 2.33. The third-order valence-corrected chi connectivity index (χ3v) is 6.27. The number of ether oxygens (including phenoxy) is 2. The predicted molar refractivity (Wildman–Crippen MR) is 127 cm³/mol. The molecule has 1 aliphatic heterocycles. The summed E-state index contributed by atoms with van der Waals surface area (Å²) in [6, 6.07) is 12.0. The largest absolute Gasteiger partial charge is 0.486 e. The van der Waals surface area contributed by atoms with Crippen LogP contribution in [-0.2, 0) is 31.8 Å². The third-order valence-electron chi connectivity index (χ3n) is 4.92. The smallest absolute Gasteiger partial charge is 0.322 e. The van der Waals surface area contributed by atoms with E-state index in [1.807, 2.05) is 0 Å². The van der Waals surface area contributed by atoms with Crippen LogP contribution in [0.5, 0.6) is 11.5 Å². The molecule has 1 heterocycles. The average molecular weight is 506 g/mol. The lowest BCUT2D eigenvalue weighted by Gasteiger charge is -2.27. The summed E-state index contributed by atoms with van der Waals surface area (Å²) < 4.78 is 38.7. The van der Waals surface area contributed by atoms with Crippen LogP contribution in [0.2, 0.25) is 0 Å². The molecule has 188 valence electrons. The summed E-state index contributed by atoms with van der Waals surface area (Å²) in [5, 5.41) is 12.2. The molecule has 0 aromatic heterocycles. The number of amides is 1. The highest BCUT2D eigenvalue weighted by molar-refractivity contribution is 7.88. The zero-order valence-corrected chi connectivity index (χ0v) is 19.5. The molecule has 0 saturated carbocycles. The van der Waals surface area contributed by atoms with Crippen LogP contribution in [0.1, 0.15) is 11.1 Å². The number of hydrogen-bond donors (Lipinski definition) is 5. The number of carboxylic acids is 1. The van der Waals surface area contributed by atoms with Crippen molar-refractivity contribution in [3.8, 4) is 11.5 Å². The second-order valence-corrected chi connectivity index (χ2v) is 9.59.